The summed E-state index contributed by atoms with van der Waals surface area (Å²) in [6, 6.07) is 9.83. The maximum Gasteiger partial charge on any atom is 0.243 e. The second kappa shape index (κ2) is 9.63. The molecular formula is C24H25Cl2N3O5S. The van der Waals surface area contributed by atoms with Crippen LogP contribution < -0.4 is 14.8 Å². The fourth-order valence-electron chi connectivity index (χ4n) is 4.75. The van der Waals surface area contributed by atoms with Gasteiger partial charge in [0, 0.05) is 48.8 Å². The zero-order valence-corrected chi connectivity index (χ0v) is 21.4. The summed E-state index contributed by atoms with van der Waals surface area (Å²) in [5.74, 6) is 0.483. The van der Waals surface area contributed by atoms with E-state index >= 15 is 0 Å². The molecule has 5 rings (SSSR count). The van der Waals surface area contributed by atoms with Crippen molar-refractivity contribution in [3.05, 3.63) is 63.2 Å². The zero-order valence-electron chi connectivity index (χ0n) is 19.1. The fourth-order valence-corrected chi connectivity index (χ4v) is 6.74. The summed E-state index contributed by atoms with van der Waals surface area (Å²) in [4.78, 5) is 15.4. The van der Waals surface area contributed by atoms with Crippen LogP contribution in [-0.2, 0) is 14.8 Å². The molecule has 0 saturated heterocycles. The highest BCUT2D eigenvalue weighted by atomic mass is 35.5. The molecule has 0 aliphatic carbocycles. The molecule has 3 aliphatic heterocycles. The Balaban J connectivity index is 1.28. The van der Waals surface area contributed by atoms with Crippen molar-refractivity contribution in [3.8, 4) is 11.5 Å². The van der Waals surface area contributed by atoms with Crippen LogP contribution in [0.5, 0.6) is 11.5 Å². The lowest BCUT2D eigenvalue weighted by Gasteiger charge is -2.27. The van der Waals surface area contributed by atoms with E-state index in [1.807, 2.05) is 0 Å². The summed E-state index contributed by atoms with van der Waals surface area (Å²) in [7, 11) is -1.93. The van der Waals surface area contributed by atoms with Gasteiger partial charge in [-0.1, -0.05) is 23.2 Å². The average molecular weight is 538 g/mol. The first-order chi connectivity index (χ1) is 16.8. The summed E-state index contributed by atoms with van der Waals surface area (Å²) < 4.78 is 39.1. The first kappa shape index (κ1) is 24.4. The molecule has 0 radical (unpaired) electrons. The Hall–Kier alpha value is -2.30. The molecule has 0 spiro atoms. The molecule has 0 saturated carbocycles. The molecule has 2 aromatic rings. The molecule has 8 nitrogen and oxygen atoms in total. The Morgan fingerprint density at radius 2 is 1.60 bits per heavy atom. The van der Waals surface area contributed by atoms with E-state index in [2.05, 4.69) is 5.32 Å². The Morgan fingerprint density at radius 1 is 0.971 bits per heavy atom. The number of hydrogen-bond acceptors (Lipinski definition) is 6. The average Bonchev–Trinajstić information content (AvgIpc) is 3.41. The van der Waals surface area contributed by atoms with Crippen molar-refractivity contribution >= 4 is 39.1 Å². The van der Waals surface area contributed by atoms with Gasteiger partial charge in [0.15, 0.2) is 11.5 Å². The van der Waals surface area contributed by atoms with Crippen LogP contribution in [0.2, 0.25) is 10.0 Å². The number of carbonyl (C=O) groups excluding carboxylic acids is 1. The monoisotopic (exact) mass is 537 g/mol. The molecule has 186 valence electrons. The maximum absolute atomic E-state index is 13.4. The maximum atomic E-state index is 13.4. The third-order valence-electron chi connectivity index (χ3n) is 6.45. The Bertz CT molecular complexity index is 1280. The van der Waals surface area contributed by atoms with Crippen molar-refractivity contribution in [2.75, 3.05) is 53.0 Å². The van der Waals surface area contributed by atoms with E-state index in [1.54, 1.807) is 42.3 Å². The predicted molar refractivity (Wildman–Crippen MR) is 133 cm³/mol. The van der Waals surface area contributed by atoms with Gasteiger partial charge in [-0.3, -0.25) is 4.79 Å². The van der Waals surface area contributed by atoms with Crippen molar-refractivity contribution in [1.29, 1.82) is 0 Å². The van der Waals surface area contributed by atoms with Gasteiger partial charge in [-0.25, -0.2) is 8.42 Å². The minimum Gasteiger partial charge on any atom is -0.486 e. The smallest absolute Gasteiger partial charge is 0.243 e. The van der Waals surface area contributed by atoms with E-state index in [-0.39, 0.29) is 23.9 Å². The van der Waals surface area contributed by atoms with Crippen LogP contribution in [0, 0.1) is 0 Å². The number of halogens is 2. The van der Waals surface area contributed by atoms with Crippen LogP contribution >= 0.6 is 23.2 Å². The lowest BCUT2D eigenvalue weighted by Crippen LogP contribution is -2.40. The number of nitrogens with one attached hydrogen (secondary N) is 1. The number of hydrogen-bond donors (Lipinski definition) is 1. The Labute approximate surface area is 214 Å². The number of nitrogens with zero attached hydrogens (tertiary/aromatic N) is 2. The van der Waals surface area contributed by atoms with Gasteiger partial charge in [0.05, 0.1) is 10.8 Å². The number of benzene rings is 2. The Morgan fingerprint density at radius 3 is 2.23 bits per heavy atom. The molecule has 1 N–H and O–H groups in total. The quantitative estimate of drug-likeness (QED) is 0.570. The second-order valence-electron chi connectivity index (χ2n) is 8.79. The fraction of sp³-hybridized carbons (Fsp3) is 0.375. The summed E-state index contributed by atoms with van der Waals surface area (Å²) >= 11 is 12.3. The second-order valence-corrected chi connectivity index (χ2v) is 11.6. The number of sulfonamides is 1. The van der Waals surface area contributed by atoms with E-state index in [0.29, 0.717) is 54.4 Å². The summed E-state index contributed by atoms with van der Waals surface area (Å²) in [5, 5.41) is 4.02. The third kappa shape index (κ3) is 4.75. The highest BCUT2D eigenvalue weighted by molar-refractivity contribution is 7.89. The molecule has 3 heterocycles. The van der Waals surface area contributed by atoms with E-state index in [4.69, 9.17) is 32.7 Å². The van der Waals surface area contributed by atoms with Crippen LogP contribution in [-0.4, -0.2) is 76.5 Å². The van der Waals surface area contributed by atoms with Gasteiger partial charge in [-0.2, -0.15) is 4.31 Å². The molecule has 0 bridgehead atoms. The molecule has 35 heavy (non-hydrogen) atoms. The van der Waals surface area contributed by atoms with Crippen LogP contribution in [0.4, 0.5) is 0 Å². The van der Waals surface area contributed by atoms with Crippen molar-refractivity contribution < 1.29 is 22.7 Å². The number of fused-ring (bicyclic) bond motifs is 1. The van der Waals surface area contributed by atoms with Crippen molar-refractivity contribution in [2.24, 2.45) is 0 Å². The van der Waals surface area contributed by atoms with Gasteiger partial charge in [-0.15, -0.1) is 0 Å². The first-order valence-corrected chi connectivity index (χ1v) is 13.4. The van der Waals surface area contributed by atoms with E-state index in [9.17, 15) is 13.2 Å². The van der Waals surface area contributed by atoms with Gasteiger partial charge in [-0.05, 0) is 54.1 Å². The molecular weight excluding hydrogens is 513 g/mol. The van der Waals surface area contributed by atoms with Gasteiger partial charge >= 0.3 is 0 Å². The van der Waals surface area contributed by atoms with Crippen LogP contribution in [0.25, 0.3) is 0 Å². The number of amides is 1. The normalized spacial score (nSPS) is 18.7. The van der Waals surface area contributed by atoms with Gasteiger partial charge in [0.2, 0.25) is 15.9 Å². The van der Waals surface area contributed by atoms with Gasteiger partial charge in [0.1, 0.15) is 13.2 Å². The highest BCUT2D eigenvalue weighted by Crippen LogP contribution is 2.36. The molecule has 1 atom stereocenters. The van der Waals surface area contributed by atoms with Crippen LogP contribution in [0.3, 0.4) is 0 Å². The van der Waals surface area contributed by atoms with Gasteiger partial charge < -0.3 is 19.7 Å². The number of carbonyl (C=O) groups is 1. The molecule has 11 heteroatoms. The van der Waals surface area contributed by atoms with E-state index in [0.717, 1.165) is 16.7 Å². The molecule has 1 unspecified atom stereocenters. The summed E-state index contributed by atoms with van der Waals surface area (Å²) in [5.41, 5.74) is 2.68. The minimum atomic E-state index is -3.72. The molecule has 1 amide bonds. The third-order valence-corrected chi connectivity index (χ3v) is 8.68. The SMILES string of the molecule is CNCC(C(=O)N1CC2=C(C1)CN(S(=O)(=O)c1ccc3c(c1)OCCO3)C2)c1cc(Cl)cc(Cl)c1. The van der Waals surface area contributed by atoms with Gasteiger partial charge in [0.25, 0.3) is 0 Å². The molecule has 0 aromatic heterocycles. The van der Waals surface area contributed by atoms with Crippen LogP contribution in [0.15, 0.2) is 52.4 Å². The largest absolute Gasteiger partial charge is 0.486 e. The molecule has 0 fully saturated rings. The number of rotatable bonds is 6. The first-order valence-electron chi connectivity index (χ1n) is 11.2. The number of ether oxygens (including phenoxy) is 2. The standard InChI is InChI=1S/C24H25Cl2N3O5S/c1-27-10-21(15-6-18(25)8-19(26)7-15)24(30)28-11-16-13-29(14-17(16)12-28)35(31,32)20-2-3-22-23(9-20)34-5-4-33-22/h2-3,6-9,21,27H,4-5,10-14H2,1H3. The lowest BCUT2D eigenvalue weighted by molar-refractivity contribution is -0.131. The summed E-state index contributed by atoms with van der Waals surface area (Å²) in [6.45, 7) is 2.57. The van der Waals surface area contributed by atoms with E-state index < -0.39 is 15.9 Å². The summed E-state index contributed by atoms with van der Waals surface area (Å²) in [6.07, 6.45) is 0. The van der Waals surface area contributed by atoms with Crippen molar-refractivity contribution in [1.82, 2.24) is 14.5 Å². The Kier molecular flexibility index (Phi) is 6.71. The molecule has 3 aliphatic rings. The lowest BCUT2D eigenvalue weighted by atomic mass is 9.97. The topological polar surface area (TPSA) is 88.2 Å². The molecule has 2 aromatic carbocycles. The number of likely N-dealkylation sites (N-methyl/N-ethyl adjacent to an activating group) is 1. The highest BCUT2D eigenvalue weighted by Gasteiger charge is 2.39. The minimum absolute atomic E-state index is 0.0478. The predicted octanol–water partition coefficient (Wildman–Crippen LogP) is 2.91. The zero-order chi connectivity index (χ0) is 24.7. The van der Waals surface area contributed by atoms with Crippen molar-refractivity contribution in [3.63, 3.8) is 0 Å². The van der Waals surface area contributed by atoms with Crippen molar-refractivity contribution in [2.45, 2.75) is 10.8 Å². The van der Waals surface area contributed by atoms with Crippen LogP contribution in [0.1, 0.15) is 11.5 Å². The van der Waals surface area contributed by atoms with E-state index in [1.165, 1.54) is 10.4 Å².